The molecule has 0 amide bonds. The molecule has 1 aliphatic rings. The molecule has 1 aromatic carbocycles. The summed E-state index contributed by atoms with van der Waals surface area (Å²) in [6.45, 7) is 3.99. The summed E-state index contributed by atoms with van der Waals surface area (Å²) in [5.41, 5.74) is 1.72. The van der Waals surface area contributed by atoms with Crippen LogP contribution in [0.5, 0.6) is 0 Å². The van der Waals surface area contributed by atoms with Gasteiger partial charge in [-0.2, -0.15) is 0 Å². The van der Waals surface area contributed by atoms with E-state index in [9.17, 15) is 9.59 Å². The molecular formula is C19H24O2S. The van der Waals surface area contributed by atoms with E-state index in [1.54, 1.807) is 30.8 Å². The second-order valence-electron chi connectivity index (χ2n) is 5.77. The molecule has 118 valence electrons. The van der Waals surface area contributed by atoms with E-state index in [0.29, 0.717) is 21.6 Å². The van der Waals surface area contributed by atoms with Crippen LogP contribution in [0, 0.1) is 0 Å². The molecule has 22 heavy (non-hydrogen) atoms. The number of thioether (sulfide) groups is 1. The fourth-order valence-corrected chi connectivity index (χ4v) is 3.81. The van der Waals surface area contributed by atoms with Gasteiger partial charge in [0.2, 0.25) is 0 Å². The number of carbonyl (C=O) groups is 2. The van der Waals surface area contributed by atoms with Crippen LogP contribution in [0.3, 0.4) is 0 Å². The van der Waals surface area contributed by atoms with E-state index in [2.05, 4.69) is 6.92 Å². The van der Waals surface area contributed by atoms with Gasteiger partial charge in [-0.15, -0.1) is 11.8 Å². The average molecular weight is 316 g/mol. The maximum absolute atomic E-state index is 12.5. The molecule has 0 spiro atoms. The number of fused-ring (bicyclic) bond motifs is 1. The fourth-order valence-electron chi connectivity index (χ4n) is 2.71. The number of hydrogen-bond donors (Lipinski definition) is 0. The van der Waals surface area contributed by atoms with Crippen molar-refractivity contribution in [1.29, 1.82) is 0 Å². The molecule has 0 saturated carbocycles. The number of Topliss-reactive ketones (excluding diaryl/α,β-unsaturated/α-hetero) is 2. The summed E-state index contributed by atoms with van der Waals surface area (Å²) in [4.78, 5) is 25.6. The molecule has 1 aromatic rings. The molecule has 0 fully saturated rings. The molecule has 1 aliphatic carbocycles. The van der Waals surface area contributed by atoms with Crippen molar-refractivity contribution < 1.29 is 9.59 Å². The second kappa shape index (κ2) is 8.33. The Morgan fingerprint density at radius 1 is 0.864 bits per heavy atom. The molecular weight excluding hydrogens is 292 g/mol. The maximum Gasteiger partial charge on any atom is 0.200 e. The Bertz CT molecular complexity index is 587. The van der Waals surface area contributed by atoms with E-state index in [4.69, 9.17) is 0 Å². The van der Waals surface area contributed by atoms with Gasteiger partial charge < -0.3 is 0 Å². The van der Waals surface area contributed by atoms with E-state index < -0.39 is 0 Å². The molecule has 2 rings (SSSR count). The first-order valence-corrected chi connectivity index (χ1v) is 9.17. The second-order valence-corrected chi connectivity index (χ2v) is 6.88. The molecule has 0 N–H and O–H groups in total. The normalized spacial score (nSPS) is 14.5. The first-order valence-electron chi connectivity index (χ1n) is 8.19. The van der Waals surface area contributed by atoms with Crippen LogP contribution in [-0.2, 0) is 0 Å². The molecule has 0 atom stereocenters. The van der Waals surface area contributed by atoms with Crippen molar-refractivity contribution in [1.82, 2.24) is 0 Å². The monoisotopic (exact) mass is 316 g/mol. The lowest BCUT2D eigenvalue weighted by molar-refractivity contribution is 0.0981. The van der Waals surface area contributed by atoms with E-state index in [1.165, 1.54) is 32.1 Å². The number of carbonyl (C=O) groups excluding carboxylic acids is 2. The van der Waals surface area contributed by atoms with Crippen molar-refractivity contribution in [3.8, 4) is 0 Å². The van der Waals surface area contributed by atoms with Gasteiger partial charge in [-0.3, -0.25) is 9.59 Å². The lowest BCUT2D eigenvalue weighted by Gasteiger charge is -2.18. The van der Waals surface area contributed by atoms with Crippen molar-refractivity contribution in [2.45, 2.75) is 52.4 Å². The molecule has 0 radical (unpaired) electrons. The molecule has 0 unspecified atom stereocenters. The predicted molar refractivity (Wildman–Crippen MR) is 93.6 cm³/mol. The Morgan fingerprint density at radius 3 is 2.14 bits per heavy atom. The summed E-state index contributed by atoms with van der Waals surface area (Å²) in [6, 6.07) is 7.13. The topological polar surface area (TPSA) is 34.1 Å². The van der Waals surface area contributed by atoms with E-state index in [0.717, 1.165) is 12.2 Å². The third-order valence-electron chi connectivity index (χ3n) is 4.05. The van der Waals surface area contributed by atoms with Crippen LogP contribution < -0.4 is 0 Å². The maximum atomic E-state index is 12.5. The minimum absolute atomic E-state index is 0.000598. The summed E-state index contributed by atoms with van der Waals surface area (Å²) in [6.07, 6.45) is 7.44. The molecule has 2 nitrogen and oxygen atoms in total. The molecule has 0 saturated heterocycles. The summed E-state index contributed by atoms with van der Waals surface area (Å²) in [7, 11) is 0. The van der Waals surface area contributed by atoms with Crippen LogP contribution >= 0.6 is 11.8 Å². The van der Waals surface area contributed by atoms with E-state index in [1.807, 2.05) is 12.1 Å². The average Bonchev–Trinajstić information content (AvgIpc) is 2.54. The first kappa shape index (κ1) is 17.0. The van der Waals surface area contributed by atoms with Crippen molar-refractivity contribution in [3.05, 3.63) is 45.9 Å². The number of ketones is 2. The molecule has 0 aromatic heterocycles. The highest BCUT2D eigenvalue weighted by atomic mass is 32.2. The zero-order valence-electron chi connectivity index (χ0n) is 13.5. The predicted octanol–water partition coefficient (Wildman–Crippen LogP) is 5.43. The van der Waals surface area contributed by atoms with Gasteiger partial charge in [-0.05, 0) is 19.1 Å². The fraction of sp³-hybridized carbons (Fsp3) is 0.474. The van der Waals surface area contributed by atoms with Gasteiger partial charge in [0.25, 0.3) is 0 Å². The zero-order valence-corrected chi connectivity index (χ0v) is 14.3. The molecule has 0 bridgehead atoms. The Hall–Kier alpha value is -1.35. The van der Waals surface area contributed by atoms with Gasteiger partial charge in [-0.25, -0.2) is 0 Å². The van der Waals surface area contributed by atoms with Crippen LogP contribution in [0.2, 0.25) is 0 Å². The molecule has 3 heteroatoms. The minimum Gasteiger partial charge on any atom is -0.289 e. The standard InChI is InChI=1S/C19H24O2S/c1-3-4-5-6-7-10-13-22-19-14(2)17(20)15-11-8-9-12-16(15)18(19)21/h8-9,11-12H,3-7,10,13H2,1-2H3. The minimum atomic E-state index is 0.000598. The quantitative estimate of drug-likeness (QED) is 0.599. The highest BCUT2D eigenvalue weighted by Crippen LogP contribution is 2.33. The number of hydrogen-bond acceptors (Lipinski definition) is 3. The van der Waals surface area contributed by atoms with Crippen molar-refractivity contribution in [2.75, 3.05) is 5.75 Å². The van der Waals surface area contributed by atoms with Crippen molar-refractivity contribution >= 4 is 23.3 Å². The summed E-state index contributed by atoms with van der Waals surface area (Å²) in [5.74, 6) is 0.935. The van der Waals surface area contributed by atoms with Gasteiger partial charge in [0.05, 0.1) is 4.91 Å². The zero-order chi connectivity index (χ0) is 15.9. The van der Waals surface area contributed by atoms with Crippen LogP contribution in [0.4, 0.5) is 0 Å². The summed E-state index contributed by atoms with van der Waals surface area (Å²) >= 11 is 1.55. The molecule has 0 heterocycles. The third kappa shape index (κ3) is 3.89. The number of benzene rings is 1. The Kier molecular flexibility index (Phi) is 6.44. The van der Waals surface area contributed by atoms with E-state index >= 15 is 0 Å². The van der Waals surface area contributed by atoms with Gasteiger partial charge >= 0.3 is 0 Å². The lowest BCUT2D eigenvalue weighted by atomic mass is 9.90. The summed E-state index contributed by atoms with van der Waals surface area (Å²) < 4.78 is 0. The number of rotatable bonds is 8. The SMILES string of the molecule is CCCCCCCCSC1=C(C)C(=O)c2ccccc2C1=O. The van der Waals surface area contributed by atoms with Crippen LogP contribution in [-0.4, -0.2) is 17.3 Å². The van der Waals surface area contributed by atoms with Gasteiger partial charge in [0.15, 0.2) is 11.6 Å². The van der Waals surface area contributed by atoms with Crippen molar-refractivity contribution in [2.24, 2.45) is 0 Å². The van der Waals surface area contributed by atoms with Gasteiger partial charge in [0, 0.05) is 16.7 Å². The largest absolute Gasteiger partial charge is 0.289 e. The number of unbranched alkanes of at least 4 members (excludes halogenated alkanes) is 5. The van der Waals surface area contributed by atoms with Gasteiger partial charge in [0.1, 0.15) is 0 Å². The Morgan fingerprint density at radius 2 is 1.45 bits per heavy atom. The highest BCUT2D eigenvalue weighted by Gasteiger charge is 2.29. The smallest absolute Gasteiger partial charge is 0.200 e. The van der Waals surface area contributed by atoms with Crippen LogP contribution in [0.25, 0.3) is 0 Å². The highest BCUT2D eigenvalue weighted by molar-refractivity contribution is 8.04. The first-order chi connectivity index (χ1) is 10.7. The molecule has 0 aliphatic heterocycles. The Labute approximate surface area is 137 Å². The van der Waals surface area contributed by atoms with Crippen molar-refractivity contribution in [3.63, 3.8) is 0 Å². The number of allylic oxidation sites excluding steroid dienone is 2. The Balaban J connectivity index is 1.92. The van der Waals surface area contributed by atoms with Gasteiger partial charge in [-0.1, -0.05) is 63.3 Å². The van der Waals surface area contributed by atoms with E-state index in [-0.39, 0.29) is 11.6 Å². The lowest BCUT2D eigenvalue weighted by Crippen LogP contribution is -2.19. The third-order valence-corrected chi connectivity index (χ3v) is 5.32. The summed E-state index contributed by atoms with van der Waals surface area (Å²) in [5, 5.41) is 0. The van der Waals surface area contributed by atoms with Crippen LogP contribution in [0.1, 0.15) is 73.1 Å². The van der Waals surface area contributed by atoms with Crippen LogP contribution in [0.15, 0.2) is 34.7 Å².